The first-order chi connectivity index (χ1) is 15.8. The van der Waals surface area contributed by atoms with Crippen LogP contribution < -0.4 is 9.47 Å². The SMILES string of the molecule is CCCCN1C(=O)C(=O)/C(=C(/O)c2cc(Cl)c(OC)c(Cl)c2)C1c1cccc(OCCC)c1. The lowest BCUT2D eigenvalue weighted by molar-refractivity contribution is -0.139. The number of hydrogen-bond donors (Lipinski definition) is 1. The van der Waals surface area contributed by atoms with Crippen LogP contribution in [0.3, 0.4) is 0 Å². The molecule has 3 rings (SSSR count). The van der Waals surface area contributed by atoms with Gasteiger partial charge in [0.2, 0.25) is 0 Å². The van der Waals surface area contributed by atoms with Crippen molar-refractivity contribution >= 4 is 40.7 Å². The number of rotatable bonds is 9. The smallest absolute Gasteiger partial charge is 0.295 e. The highest BCUT2D eigenvalue weighted by molar-refractivity contribution is 6.46. The number of likely N-dealkylation sites (tertiary alicyclic amines) is 1. The molecule has 1 saturated heterocycles. The molecule has 1 aliphatic heterocycles. The first kappa shape index (κ1) is 24.9. The molecular formula is C25H27Cl2NO5. The summed E-state index contributed by atoms with van der Waals surface area (Å²) in [5.74, 6) is -0.859. The standard InChI is InChI=1S/C25H27Cl2NO5/c1-4-6-10-28-21(15-8-7-9-17(12-15)33-11-5-2)20(23(30)25(28)31)22(29)16-13-18(26)24(32-3)19(27)14-16/h7-9,12-14,21,29H,4-6,10-11H2,1-3H3/b22-20+. The van der Waals surface area contributed by atoms with Gasteiger partial charge in [0.15, 0.2) is 5.75 Å². The zero-order valence-electron chi connectivity index (χ0n) is 18.9. The number of carbonyl (C=O) groups excluding carboxylic acids is 2. The molecular weight excluding hydrogens is 465 g/mol. The van der Waals surface area contributed by atoms with E-state index < -0.39 is 17.7 Å². The highest BCUT2D eigenvalue weighted by atomic mass is 35.5. The number of methoxy groups -OCH3 is 1. The maximum absolute atomic E-state index is 13.1. The van der Waals surface area contributed by atoms with Crippen molar-refractivity contribution in [2.75, 3.05) is 20.3 Å². The maximum atomic E-state index is 13.1. The summed E-state index contributed by atoms with van der Waals surface area (Å²) in [5, 5.41) is 11.6. The van der Waals surface area contributed by atoms with Crippen LogP contribution in [0.2, 0.25) is 10.0 Å². The van der Waals surface area contributed by atoms with E-state index in [1.165, 1.54) is 24.1 Å². The van der Waals surface area contributed by atoms with Crippen LogP contribution >= 0.6 is 23.2 Å². The molecule has 1 aliphatic rings. The minimum absolute atomic E-state index is 0.0129. The van der Waals surface area contributed by atoms with Gasteiger partial charge >= 0.3 is 0 Å². The topological polar surface area (TPSA) is 76.1 Å². The summed E-state index contributed by atoms with van der Waals surface area (Å²) in [6.07, 6.45) is 2.41. The Labute approximate surface area is 203 Å². The lowest BCUT2D eigenvalue weighted by Crippen LogP contribution is -2.30. The van der Waals surface area contributed by atoms with E-state index in [1.54, 1.807) is 12.1 Å². The molecule has 0 aliphatic carbocycles. The Morgan fingerprint density at radius 2 is 1.79 bits per heavy atom. The van der Waals surface area contributed by atoms with Crippen LogP contribution in [0, 0.1) is 0 Å². The van der Waals surface area contributed by atoms with Crippen molar-refractivity contribution in [3.8, 4) is 11.5 Å². The number of benzene rings is 2. The Hall–Kier alpha value is -2.70. The van der Waals surface area contributed by atoms with Gasteiger partial charge in [0.05, 0.1) is 35.4 Å². The summed E-state index contributed by atoms with van der Waals surface area (Å²) in [5.41, 5.74) is 0.884. The predicted molar refractivity (Wildman–Crippen MR) is 129 cm³/mol. The first-order valence-electron chi connectivity index (χ1n) is 10.9. The average Bonchev–Trinajstić information content (AvgIpc) is 3.05. The van der Waals surface area contributed by atoms with Crippen molar-refractivity contribution in [3.05, 3.63) is 63.1 Å². The summed E-state index contributed by atoms with van der Waals surface area (Å²) in [7, 11) is 1.43. The number of Topliss-reactive ketones (excluding diaryl/α,β-unsaturated/α-hetero) is 1. The van der Waals surface area contributed by atoms with Crippen molar-refractivity contribution in [2.45, 2.75) is 39.2 Å². The molecule has 1 heterocycles. The van der Waals surface area contributed by atoms with E-state index in [2.05, 4.69) is 0 Å². The van der Waals surface area contributed by atoms with E-state index in [4.69, 9.17) is 32.7 Å². The molecule has 0 spiro atoms. The van der Waals surface area contributed by atoms with Gasteiger partial charge in [-0.1, -0.05) is 55.6 Å². The fourth-order valence-electron chi connectivity index (χ4n) is 3.83. The van der Waals surface area contributed by atoms with Crippen molar-refractivity contribution in [2.24, 2.45) is 0 Å². The highest BCUT2D eigenvalue weighted by Crippen LogP contribution is 2.42. The van der Waals surface area contributed by atoms with Crippen molar-refractivity contribution < 1.29 is 24.2 Å². The zero-order valence-corrected chi connectivity index (χ0v) is 20.4. The van der Waals surface area contributed by atoms with Crippen molar-refractivity contribution in [3.63, 3.8) is 0 Å². The molecule has 1 atom stereocenters. The Morgan fingerprint density at radius 3 is 2.39 bits per heavy atom. The molecule has 2 aromatic carbocycles. The van der Waals surface area contributed by atoms with Gasteiger partial charge in [-0.25, -0.2) is 0 Å². The number of halogens is 2. The third kappa shape index (κ3) is 5.12. The van der Waals surface area contributed by atoms with Gasteiger partial charge in [-0.05, 0) is 42.7 Å². The van der Waals surface area contributed by atoms with E-state index in [-0.39, 0.29) is 32.7 Å². The number of carbonyl (C=O) groups is 2. The van der Waals surface area contributed by atoms with Gasteiger partial charge < -0.3 is 19.5 Å². The molecule has 0 radical (unpaired) electrons. The maximum Gasteiger partial charge on any atom is 0.295 e. The molecule has 0 saturated carbocycles. The van der Waals surface area contributed by atoms with Crippen LogP contribution in [-0.4, -0.2) is 42.0 Å². The summed E-state index contributed by atoms with van der Waals surface area (Å²) < 4.78 is 10.9. The van der Waals surface area contributed by atoms with Crippen LogP contribution in [-0.2, 0) is 9.59 Å². The predicted octanol–water partition coefficient (Wildman–Crippen LogP) is 6.01. The molecule has 0 aromatic heterocycles. The molecule has 1 N–H and O–H groups in total. The number of unbranched alkanes of at least 4 members (excludes halogenated alkanes) is 1. The molecule has 0 bridgehead atoms. The van der Waals surface area contributed by atoms with E-state index in [0.29, 0.717) is 24.5 Å². The molecule has 176 valence electrons. The number of ether oxygens (including phenoxy) is 2. The van der Waals surface area contributed by atoms with Crippen molar-refractivity contribution in [1.29, 1.82) is 0 Å². The number of amides is 1. The van der Waals surface area contributed by atoms with E-state index in [9.17, 15) is 14.7 Å². The van der Waals surface area contributed by atoms with Gasteiger partial charge in [0.25, 0.3) is 11.7 Å². The Kier molecular flexibility index (Phi) is 8.27. The fraction of sp³-hybridized carbons (Fsp3) is 0.360. The van der Waals surface area contributed by atoms with Crippen LogP contribution in [0.5, 0.6) is 11.5 Å². The fourth-order valence-corrected chi connectivity index (χ4v) is 4.47. The van der Waals surface area contributed by atoms with E-state index in [0.717, 1.165) is 19.3 Å². The lowest BCUT2D eigenvalue weighted by atomic mass is 9.95. The lowest BCUT2D eigenvalue weighted by Gasteiger charge is -2.25. The number of hydrogen-bond acceptors (Lipinski definition) is 5. The number of ketones is 1. The van der Waals surface area contributed by atoms with E-state index in [1.807, 2.05) is 26.0 Å². The summed E-state index contributed by atoms with van der Waals surface area (Å²) in [6, 6.07) is 9.39. The third-order valence-corrected chi connectivity index (χ3v) is 5.98. The molecule has 2 aromatic rings. The first-order valence-corrected chi connectivity index (χ1v) is 11.6. The molecule has 8 heteroatoms. The van der Waals surface area contributed by atoms with Crippen LogP contribution in [0.15, 0.2) is 42.0 Å². The number of aliphatic hydroxyl groups excluding tert-OH is 1. The Morgan fingerprint density at radius 1 is 1.09 bits per heavy atom. The molecule has 1 fully saturated rings. The van der Waals surface area contributed by atoms with Gasteiger partial charge in [-0.15, -0.1) is 0 Å². The Bertz CT molecular complexity index is 1060. The molecule has 33 heavy (non-hydrogen) atoms. The summed E-state index contributed by atoms with van der Waals surface area (Å²) >= 11 is 12.5. The minimum atomic E-state index is -0.763. The van der Waals surface area contributed by atoms with Gasteiger partial charge in [-0.2, -0.15) is 0 Å². The quantitative estimate of drug-likeness (QED) is 0.264. The summed E-state index contributed by atoms with van der Waals surface area (Å²) in [4.78, 5) is 27.6. The normalized spacial score (nSPS) is 17.5. The zero-order chi connectivity index (χ0) is 24.1. The second-order valence-corrected chi connectivity index (χ2v) is 8.55. The second-order valence-electron chi connectivity index (χ2n) is 7.74. The van der Waals surface area contributed by atoms with Gasteiger partial charge in [-0.3, -0.25) is 9.59 Å². The highest BCUT2D eigenvalue weighted by Gasteiger charge is 2.46. The minimum Gasteiger partial charge on any atom is -0.507 e. The second kappa shape index (κ2) is 10.9. The van der Waals surface area contributed by atoms with Gasteiger partial charge in [0.1, 0.15) is 11.5 Å². The summed E-state index contributed by atoms with van der Waals surface area (Å²) in [6.45, 7) is 4.94. The van der Waals surface area contributed by atoms with Crippen LogP contribution in [0.25, 0.3) is 5.76 Å². The number of aliphatic hydroxyl groups is 1. The van der Waals surface area contributed by atoms with Crippen LogP contribution in [0.1, 0.15) is 50.3 Å². The Balaban J connectivity index is 2.17. The van der Waals surface area contributed by atoms with Crippen LogP contribution in [0.4, 0.5) is 0 Å². The molecule has 6 nitrogen and oxygen atoms in total. The molecule has 1 amide bonds. The van der Waals surface area contributed by atoms with E-state index >= 15 is 0 Å². The monoisotopic (exact) mass is 491 g/mol. The largest absolute Gasteiger partial charge is 0.507 e. The van der Waals surface area contributed by atoms with Crippen molar-refractivity contribution in [1.82, 2.24) is 4.90 Å². The molecule has 1 unspecified atom stereocenters. The third-order valence-electron chi connectivity index (χ3n) is 5.42. The number of nitrogens with zero attached hydrogens (tertiary/aromatic N) is 1. The van der Waals surface area contributed by atoms with Gasteiger partial charge in [0, 0.05) is 12.1 Å². The average molecular weight is 492 g/mol.